The predicted molar refractivity (Wildman–Crippen MR) is 52.4 cm³/mol. The number of fused-ring (bicyclic) bond motifs is 1. The topological polar surface area (TPSA) is 61.7 Å². The van der Waals surface area contributed by atoms with Gasteiger partial charge in [0.25, 0.3) is 0 Å². The molecule has 88 valence electrons. The number of ether oxygens (including phenoxy) is 1. The Bertz CT molecular complexity index is 582. The third-order valence-corrected chi connectivity index (χ3v) is 2.05. The second-order valence-electron chi connectivity index (χ2n) is 3.25. The summed E-state index contributed by atoms with van der Waals surface area (Å²) in [6, 6.07) is 3.15. The lowest BCUT2D eigenvalue weighted by atomic mass is 10.2. The normalized spacial score (nSPS) is 11.4. The largest absolute Gasteiger partial charge is 0.483 e. The highest BCUT2D eigenvalue weighted by molar-refractivity contribution is 5.88. The lowest BCUT2D eigenvalue weighted by Gasteiger charge is -2.09. The van der Waals surface area contributed by atoms with Gasteiger partial charge in [-0.1, -0.05) is 0 Å². The first-order chi connectivity index (χ1) is 8.01. The maximum absolute atomic E-state index is 12.0. The lowest BCUT2D eigenvalue weighted by Crippen LogP contribution is -2.19. The second-order valence-corrected chi connectivity index (χ2v) is 3.25. The molecule has 2 heterocycles. The van der Waals surface area contributed by atoms with Gasteiger partial charge in [0.2, 0.25) is 0 Å². The molecule has 0 aliphatic heterocycles. The summed E-state index contributed by atoms with van der Waals surface area (Å²) >= 11 is 0. The van der Waals surface area contributed by atoms with E-state index >= 15 is 0 Å². The molecule has 17 heavy (non-hydrogen) atoms. The number of H-pyrrole nitrogens is 1. The minimum Gasteiger partial charge on any atom is -0.483 e. The Labute approximate surface area is 93.6 Å². The first-order valence-corrected chi connectivity index (χ1v) is 4.57. The highest BCUT2D eigenvalue weighted by Gasteiger charge is 2.29. The molecular formula is C10H6F3N3O. The lowest BCUT2D eigenvalue weighted by molar-refractivity contribution is -0.153. The highest BCUT2D eigenvalue weighted by Crippen LogP contribution is 2.28. The van der Waals surface area contributed by atoms with Crippen LogP contribution in [0.2, 0.25) is 0 Å². The fourth-order valence-corrected chi connectivity index (χ4v) is 1.39. The van der Waals surface area contributed by atoms with E-state index in [0.29, 0.717) is 5.65 Å². The minimum atomic E-state index is -4.42. The van der Waals surface area contributed by atoms with Gasteiger partial charge in [0.15, 0.2) is 6.61 Å². The number of nitrogens with one attached hydrogen (secondary N) is 1. The molecular weight excluding hydrogens is 235 g/mol. The Morgan fingerprint density at radius 3 is 2.88 bits per heavy atom. The van der Waals surface area contributed by atoms with Crippen LogP contribution in [0.1, 0.15) is 5.56 Å². The SMILES string of the molecule is N#Cc1c[nH]c2nccc(OCC(F)(F)F)c12. The molecule has 0 saturated carbocycles. The third kappa shape index (κ3) is 2.30. The van der Waals surface area contributed by atoms with Crippen LogP contribution in [0.25, 0.3) is 11.0 Å². The zero-order valence-corrected chi connectivity index (χ0v) is 8.38. The number of aromatic nitrogens is 2. The van der Waals surface area contributed by atoms with E-state index in [2.05, 4.69) is 14.7 Å². The molecule has 0 aromatic carbocycles. The van der Waals surface area contributed by atoms with Crippen LogP contribution in [0.4, 0.5) is 13.2 Å². The summed E-state index contributed by atoms with van der Waals surface area (Å²) in [5.74, 6) is -0.00914. The minimum absolute atomic E-state index is 0.00914. The third-order valence-electron chi connectivity index (χ3n) is 2.05. The van der Waals surface area contributed by atoms with Crippen molar-refractivity contribution in [2.75, 3.05) is 6.61 Å². The fourth-order valence-electron chi connectivity index (χ4n) is 1.39. The summed E-state index contributed by atoms with van der Waals surface area (Å²) in [5, 5.41) is 9.06. The molecule has 0 aliphatic rings. The summed E-state index contributed by atoms with van der Waals surface area (Å²) in [5.41, 5.74) is 0.520. The Morgan fingerprint density at radius 1 is 1.47 bits per heavy atom. The van der Waals surface area contributed by atoms with Gasteiger partial charge < -0.3 is 9.72 Å². The number of rotatable bonds is 2. The standard InChI is InChI=1S/C10H6F3N3O/c11-10(12,13)5-17-7-1-2-15-9-8(7)6(3-14)4-16-9/h1-2,4H,5H2,(H,15,16). The van der Waals surface area contributed by atoms with Crippen LogP contribution in [-0.2, 0) is 0 Å². The van der Waals surface area contributed by atoms with Crippen LogP contribution in [0.15, 0.2) is 18.5 Å². The van der Waals surface area contributed by atoms with Gasteiger partial charge in [0.1, 0.15) is 17.5 Å². The summed E-state index contributed by atoms with van der Waals surface area (Å²) in [7, 11) is 0. The van der Waals surface area contributed by atoms with Gasteiger partial charge >= 0.3 is 6.18 Å². The number of hydrogen-bond acceptors (Lipinski definition) is 3. The Balaban J connectivity index is 2.40. The molecule has 7 heteroatoms. The van der Waals surface area contributed by atoms with E-state index in [-0.39, 0.29) is 16.7 Å². The molecule has 0 saturated heterocycles. The number of alkyl halides is 3. The van der Waals surface area contributed by atoms with Crippen LogP contribution in [0.5, 0.6) is 5.75 Å². The average molecular weight is 241 g/mol. The zero-order valence-electron chi connectivity index (χ0n) is 8.38. The van der Waals surface area contributed by atoms with Gasteiger partial charge in [-0.2, -0.15) is 18.4 Å². The van der Waals surface area contributed by atoms with Crippen molar-refractivity contribution in [3.05, 3.63) is 24.0 Å². The van der Waals surface area contributed by atoms with Crippen molar-refractivity contribution >= 4 is 11.0 Å². The van der Waals surface area contributed by atoms with Gasteiger partial charge in [-0.15, -0.1) is 0 Å². The van der Waals surface area contributed by atoms with Crippen LogP contribution < -0.4 is 4.74 Å². The van der Waals surface area contributed by atoms with Crippen LogP contribution in [0.3, 0.4) is 0 Å². The smallest absolute Gasteiger partial charge is 0.422 e. The van der Waals surface area contributed by atoms with Crippen LogP contribution in [0, 0.1) is 11.3 Å². The number of aromatic amines is 1. The maximum atomic E-state index is 12.0. The van der Waals surface area contributed by atoms with E-state index in [1.54, 1.807) is 0 Å². The van der Waals surface area contributed by atoms with Gasteiger partial charge in [-0.25, -0.2) is 4.98 Å². The fraction of sp³-hybridized carbons (Fsp3) is 0.200. The number of nitrogens with zero attached hydrogens (tertiary/aromatic N) is 2. The molecule has 0 unspecified atom stereocenters. The molecule has 0 aliphatic carbocycles. The molecule has 2 rings (SSSR count). The average Bonchev–Trinajstić information content (AvgIpc) is 2.68. The van der Waals surface area contributed by atoms with Crippen LogP contribution in [-0.4, -0.2) is 22.8 Å². The van der Waals surface area contributed by atoms with Crippen molar-refractivity contribution < 1.29 is 17.9 Å². The van der Waals surface area contributed by atoms with E-state index in [0.717, 1.165) is 0 Å². The molecule has 4 nitrogen and oxygen atoms in total. The van der Waals surface area contributed by atoms with Crippen molar-refractivity contribution in [2.45, 2.75) is 6.18 Å². The number of halogens is 3. The van der Waals surface area contributed by atoms with Crippen molar-refractivity contribution in [3.8, 4) is 11.8 Å². The molecule has 0 radical (unpaired) electrons. The molecule has 0 amide bonds. The molecule has 2 aromatic heterocycles. The summed E-state index contributed by atoms with van der Waals surface area (Å²) < 4.78 is 40.8. The summed E-state index contributed by atoms with van der Waals surface area (Å²) in [6.45, 7) is -1.40. The first kappa shape index (κ1) is 11.3. The summed E-state index contributed by atoms with van der Waals surface area (Å²) in [6.07, 6.45) is -1.73. The quantitative estimate of drug-likeness (QED) is 0.877. The van der Waals surface area contributed by atoms with Gasteiger partial charge in [0, 0.05) is 12.4 Å². The van der Waals surface area contributed by atoms with Crippen molar-refractivity contribution in [1.29, 1.82) is 5.26 Å². The van der Waals surface area contributed by atoms with E-state index in [4.69, 9.17) is 5.26 Å². The zero-order chi connectivity index (χ0) is 12.5. The van der Waals surface area contributed by atoms with E-state index in [9.17, 15) is 13.2 Å². The Kier molecular flexibility index (Phi) is 2.63. The maximum Gasteiger partial charge on any atom is 0.422 e. The van der Waals surface area contributed by atoms with Crippen LogP contribution >= 0.6 is 0 Å². The van der Waals surface area contributed by atoms with E-state index in [1.807, 2.05) is 6.07 Å². The van der Waals surface area contributed by atoms with Crippen molar-refractivity contribution in [2.24, 2.45) is 0 Å². The Hall–Kier alpha value is -2.23. The van der Waals surface area contributed by atoms with Gasteiger partial charge in [-0.05, 0) is 6.07 Å². The molecule has 2 aromatic rings. The number of hydrogen-bond donors (Lipinski definition) is 1. The van der Waals surface area contributed by atoms with Gasteiger partial charge in [0.05, 0.1) is 10.9 Å². The van der Waals surface area contributed by atoms with Crippen molar-refractivity contribution in [1.82, 2.24) is 9.97 Å². The monoisotopic (exact) mass is 241 g/mol. The molecule has 0 bridgehead atoms. The molecule has 0 fully saturated rings. The molecule has 0 atom stereocenters. The highest BCUT2D eigenvalue weighted by atomic mass is 19.4. The van der Waals surface area contributed by atoms with E-state index in [1.165, 1.54) is 18.5 Å². The number of pyridine rings is 1. The second kappa shape index (κ2) is 3.97. The Morgan fingerprint density at radius 2 is 2.24 bits per heavy atom. The van der Waals surface area contributed by atoms with Crippen molar-refractivity contribution in [3.63, 3.8) is 0 Å². The predicted octanol–water partition coefficient (Wildman–Crippen LogP) is 2.38. The first-order valence-electron chi connectivity index (χ1n) is 4.57. The molecule has 1 N–H and O–H groups in total. The number of nitriles is 1. The van der Waals surface area contributed by atoms with Gasteiger partial charge in [-0.3, -0.25) is 0 Å². The summed E-state index contributed by atoms with van der Waals surface area (Å²) in [4.78, 5) is 6.57. The molecule has 0 spiro atoms. The van der Waals surface area contributed by atoms with E-state index < -0.39 is 12.8 Å².